The van der Waals surface area contributed by atoms with E-state index in [0.29, 0.717) is 44.0 Å². The fourth-order valence-corrected chi connectivity index (χ4v) is 4.78. The van der Waals surface area contributed by atoms with Crippen LogP contribution in [0.2, 0.25) is 0 Å². The van der Waals surface area contributed by atoms with Gasteiger partial charge in [-0.1, -0.05) is 24.3 Å². The molecule has 1 aromatic heterocycles. The van der Waals surface area contributed by atoms with Gasteiger partial charge >= 0.3 is 0 Å². The second-order valence-electron chi connectivity index (χ2n) is 8.63. The normalized spacial score (nSPS) is 17.1. The summed E-state index contributed by atoms with van der Waals surface area (Å²) in [6.45, 7) is 2.62. The Labute approximate surface area is 191 Å². The van der Waals surface area contributed by atoms with Crippen molar-refractivity contribution < 1.29 is 9.72 Å². The van der Waals surface area contributed by atoms with Crippen molar-refractivity contribution in [1.29, 1.82) is 0 Å². The van der Waals surface area contributed by atoms with Gasteiger partial charge in [-0.25, -0.2) is 9.97 Å². The van der Waals surface area contributed by atoms with Gasteiger partial charge in [-0.2, -0.15) is 0 Å². The first kappa shape index (κ1) is 21.1. The topological polar surface area (TPSA) is 95.7 Å². The number of rotatable bonds is 3. The number of nitro benzene ring substituents is 1. The Morgan fingerprint density at radius 3 is 2.27 bits per heavy atom. The number of benzene rings is 2. The van der Waals surface area contributed by atoms with Gasteiger partial charge in [0.1, 0.15) is 5.69 Å². The van der Waals surface area contributed by atoms with E-state index in [1.807, 2.05) is 47.2 Å². The van der Waals surface area contributed by atoms with Gasteiger partial charge in [0.2, 0.25) is 5.91 Å². The lowest BCUT2D eigenvalue weighted by molar-refractivity contribution is -0.384. The summed E-state index contributed by atoms with van der Waals surface area (Å²) in [5.41, 5.74) is 2.31. The van der Waals surface area contributed by atoms with Crippen LogP contribution in [-0.2, 0) is 4.79 Å². The average molecular weight is 447 g/mol. The first-order valence-corrected chi connectivity index (χ1v) is 11.3. The fourth-order valence-electron chi connectivity index (χ4n) is 4.78. The second kappa shape index (κ2) is 8.65. The van der Waals surface area contributed by atoms with E-state index in [2.05, 4.69) is 4.90 Å². The molecule has 0 spiro atoms. The molecule has 0 bridgehead atoms. The third kappa shape index (κ3) is 3.94. The van der Waals surface area contributed by atoms with Crippen LogP contribution >= 0.6 is 0 Å². The summed E-state index contributed by atoms with van der Waals surface area (Å²) in [6, 6.07) is 14.5. The number of carbonyl (C=O) groups excluding carboxylic acids is 1. The molecule has 0 unspecified atom stereocenters. The molecule has 9 nitrogen and oxygen atoms in total. The molecule has 1 amide bonds. The average Bonchev–Trinajstić information content (AvgIpc) is 3.00. The van der Waals surface area contributed by atoms with Crippen molar-refractivity contribution in [2.24, 2.45) is 5.92 Å². The Bertz CT molecular complexity index is 1210. The van der Waals surface area contributed by atoms with Crippen LogP contribution in [0.5, 0.6) is 0 Å². The van der Waals surface area contributed by atoms with E-state index < -0.39 is 0 Å². The van der Waals surface area contributed by atoms with Gasteiger partial charge in [-0.3, -0.25) is 19.8 Å². The molecule has 0 N–H and O–H groups in total. The van der Waals surface area contributed by atoms with Crippen molar-refractivity contribution in [3.8, 4) is 0 Å². The molecule has 33 heavy (non-hydrogen) atoms. The predicted molar refractivity (Wildman–Crippen MR) is 128 cm³/mol. The lowest BCUT2D eigenvalue weighted by atomic mass is 9.94. The summed E-state index contributed by atoms with van der Waals surface area (Å²) in [6.07, 6.45) is 2.13. The van der Waals surface area contributed by atoms with E-state index in [4.69, 9.17) is 9.97 Å². The van der Waals surface area contributed by atoms with Crippen LogP contribution in [0.15, 0.2) is 48.5 Å². The molecule has 1 saturated heterocycles. The Hall–Kier alpha value is -3.75. The van der Waals surface area contributed by atoms with Crippen LogP contribution in [0.25, 0.3) is 11.0 Å². The molecule has 0 saturated carbocycles. The minimum Gasteiger partial charge on any atom is -0.366 e. The summed E-state index contributed by atoms with van der Waals surface area (Å²) < 4.78 is 0. The number of aromatic nitrogens is 2. The van der Waals surface area contributed by atoms with Crippen molar-refractivity contribution in [2.45, 2.75) is 19.3 Å². The highest BCUT2D eigenvalue weighted by atomic mass is 16.6. The van der Waals surface area contributed by atoms with Crippen LogP contribution < -0.4 is 14.7 Å². The summed E-state index contributed by atoms with van der Waals surface area (Å²) in [5, 5.41) is 11.4. The molecule has 1 fully saturated rings. The predicted octanol–water partition coefficient (Wildman–Crippen LogP) is 3.63. The van der Waals surface area contributed by atoms with Crippen molar-refractivity contribution in [1.82, 2.24) is 9.97 Å². The summed E-state index contributed by atoms with van der Waals surface area (Å²) in [5.74, 6) is 1.28. The maximum absolute atomic E-state index is 13.6. The molecular weight excluding hydrogens is 420 g/mol. The van der Waals surface area contributed by atoms with E-state index >= 15 is 0 Å². The molecular formula is C24H26N6O3. The molecule has 170 valence electrons. The number of nitro groups is 1. The van der Waals surface area contributed by atoms with Crippen LogP contribution in [0, 0.1) is 16.0 Å². The van der Waals surface area contributed by atoms with E-state index in [9.17, 15) is 14.9 Å². The maximum Gasteiger partial charge on any atom is 0.292 e. The standard InChI is InChI=1S/C24H26N6O3/c1-27-13-6-14-29(23-22(27)25-18-7-2-3-8-19(18)26-23)24(31)17-11-15-28(16-12-17)20-9-4-5-10-21(20)30(32)33/h2-5,7-10,17H,6,11-16H2,1H3. The van der Waals surface area contributed by atoms with E-state index in [1.165, 1.54) is 6.07 Å². The molecule has 3 heterocycles. The third-order valence-corrected chi connectivity index (χ3v) is 6.56. The highest BCUT2D eigenvalue weighted by Gasteiger charge is 2.34. The number of hydrogen-bond donors (Lipinski definition) is 0. The Kier molecular flexibility index (Phi) is 5.53. The highest BCUT2D eigenvalue weighted by molar-refractivity contribution is 5.98. The van der Waals surface area contributed by atoms with E-state index in [1.54, 1.807) is 12.1 Å². The Morgan fingerprint density at radius 2 is 1.58 bits per heavy atom. The first-order chi connectivity index (χ1) is 16.0. The molecule has 0 atom stereocenters. The van der Waals surface area contributed by atoms with Gasteiger partial charge in [0.05, 0.1) is 16.0 Å². The van der Waals surface area contributed by atoms with Crippen LogP contribution in [0.1, 0.15) is 19.3 Å². The smallest absolute Gasteiger partial charge is 0.292 e. The third-order valence-electron chi connectivity index (χ3n) is 6.56. The number of nitrogens with zero attached hydrogens (tertiary/aromatic N) is 6. The first-order valence-electron chi connectivity index (χ1n) is 11.3. The zero-order chi connectivity index (χ0) is 22.9. The van der Waals surface area contributed by atoms with Gasteiger partial charge in [0.25, 0.3) is 5.69 Å². The minimum atomic E-state index is -0.347. The molecule has 2 aliphatic heterocycles. The molecule has 3 aromatic rings. The zero-order valence-corrected chi connectivity index (χ0v) is 18.6. The van der Waals surface area contributed by atoms with Gasteiger partial charge in [-0.15, -0.1) is 0 Å². The fraction of sp³-hybridized carbons (Fsp3) is 0.375. The number of anilines is 3. The molecule has 5 rings (SSSR count). The number of para-hydroxylation sites is 4. The molecule has 9 heteroatoms. The van der Waals surface area contributed by atoms with Gasteiger partial charge in [0.15, 0.2) is 11.6 Å². The SMILES string of the molecule is CN1CCCN(C(=O)C2CCN(c3ccccc3[N+](=O)[O-])CC2)c2nc3ccccc3nc21. The monoisotopic (exact) mass is 446 g/mol. The Balaban J connectivity index is 1.38. The lowest BCUT2D eigenvalue weighted by Crippen LogP contribution is -2.43. The molecule has 2 aliphatic rings. The van der Waals surface area contributed by atoms with Crippen molar-refractivity contribution in [3.05, 3.63) is 58.6 Å². The van der Waals surface area contributed by atoms with Gasteiger partial charge < -0.3 is 9.80 Å². The number of fused-ring (bicyclic) bond motifs is 2. The van der Waals surface area contributed by atoms with Crippen molar-refractivity contribution in [3.63, 3.8) is 0 Å². The quantitative estimate of drug-likeness (QED) is 0.448. The van der Waals surface area contributed by atoms with Crippen LogP contribution in [-0.4, -0.2) is 54.0 Å². The highest BCUT2D eigenvalue weighted by Crippen LogP contribution is 2.34. The number of carbonyl (C=O) groups is 1. The maximum atomic E-state index is 13.6. The number of piperidine rings is 1. The van der Waals surface area contributed by atoms with Crippen molar-refractivity contribution in [2.75, 3.05) is 47.9 Å². The van der Waals surface area contributed by atoms with Crippen LogP contribution in [0.3, 0.4) is 0 Å². The van der Waals surface area contributed by atoms with Gasteiger partial charge in [-0.05, 0) is 37.5 Å². The molecule has 0 aliphatic carbocycles. The second-order valence-corrected chi connectivity index (χ2v) is 8.63. The number of hydrogen-bond acceptors (Lipinski definition) is 7. The number of amides is 1. The summed E-state index contributed by atoms with van der Waals surface area (Å²) in [7, 11) is 1.99. The molecule has 2 aromatic carbocycles. The summed E-state index contributed by atoms with van der Waals surface area (Å²) >= 11 is 0. The lowest BCUT2D eigenvalue weighted by Gasteiger charge is -2.34. The Morgan fingerprint density at radius 1 is 0.939 bits per heavy atom. The van der Waals surface area contributed by atoms with Crippen molar-refractivity contribution >= 4 is 40.0 Å². The van der Waals surface area contributed by atoms with Gasteiger partial charge in [0, 0.05) is 45.2 Å². The largest absolute Gasteiger partial charge is 0.366 e. The van der Waals surface area contributed by atoms with Crippen LogP contribution in [0.4, 0.5) is 23.0 Å². The van der Waals surface area contributed by atoms with E-state index in [0.717, 1.165) is 29.8 Å². The zero-order valence-electron chi connectivity index (χ0n) is 18.6. The minimum absolute atomic E-state index is 0.0679. The molecule has 0 radical (unpaired) electrons. The summed E-state index contributed by atoms with van der Waals surface area (Å²) in [4.78, 5) is 40.2. The van der Waals surface area contributed by atoms with E-state index in [-0.39, 0.29) is 22.4 Å².